The van der Waals surface area contributed by atoms with Crippen LogP contribution in [0, 0.1) is 0 Å². The Bertz CT molecular complexity index is 1040. The summed E-state index contributed by atoms with van der Waals surface area (Å²) >= 11 is 1.76. The molecule has 1 aromatic carbocycles. The molecule has 0 spiro atoms. The zero-order chi connectivity index (χ0) is 17.5. The predicted molar refractivity (Wildman–Crippen MR) is 106 cm³/mol. The van der Waals surface area contributed by atoms with Crippen molar-refractivity contribution in [3.8, 4) is 10.6 Å². The first-order valence-electron chi connectivity index (χ1n) is 9.04. The molecule has 3 heterocycles. The highest BCUT2D eigenvalue weighted by Gasteiger charge is 2.20. The average Bonchev–Trinajstić information content (AvgIpc) is 3.25. The summed E-state index contributed by atoms with van der Waals surface area (Å²) in [6, 6.07) is 14.8. The zero-order valence-corrected chi connectivity index (χ0v) is 15.1. The average molecular weight is 364 g/mol. The highest BCUT2D eigenvalue weighted by atomic mass is 32.1. The fraction of sp³-hybridized carbons (Fsp3) is 0.300. The van der Waals surface area contributed by atoms with Crippen molar-refractivity contribution in [1.82, 2.24) is 14.6 Å². The number of hydrogen-bond donors (Lipinski definition) is 2. The van der Waals surface area contributed by atoms with Gasteiger partial charge in [0.2, 0.25) is 0 Å². The van der Waals surface area contributed by atoms with Gasteiger partial charge in [-0.05, 0) is 55.3 Å². The van der Waals surface area contributed by atoms with Crippen LogP contribution in [-0.4, -0.2) is 31.9 Å². The second kappa shape index (κ2) is 6.37. The first-order valence-corrected chi connectivity index (χ1v) is 9.86. The number of nitrogens with one attached hydrogen (secondary N) is 1. The second-order valence-corrected chi connectivity index (χ2v) is 8.03. The molecule has 2 N–H and O–H groups in total. The molecule has 0 amide bonds. The Morgan fingerprint density at radius 1 is 1.15 bits per heavy atom. The van der Waals surface area contributed by atoms with Crippen LogP contribution in [0.4, 0.5) is 5.82 Å². The maximum atomic E-state index is 9.88. The Balaban J connectivity index is 1.50. The number of hydrogen-bond acceptors (Lipinski definition) is 5. The number of imidazole rings is 1. The highest BCUT2D eigenvalue weighted by molar-refractivity contribution is 7.22. The van der Waals surface area contributed by atoms with E-state index in [4.69, 9.17) is 5.10 Å². The Labute approximate surface area is 155 Å². The van der Waals surface area contributed by atoms with Gasteiger partial charge < -0.3 is 10.4 Å². The normalized spacial score (nSPS) is 20.7. The van der Waals surface area contributed by atoms with Crippen LogP contribution >= 0.6 is 11.3 Å². The maximum Gasteiger partial charge on any atom is 0.154 e. The number of anilines is 1. The number of thiophene rings is 1. The second-order valence-electron chi connectivity index (χ2n) is 6.94. The van der Waals surface area contributed by atoms with Crippen molar-refractivity contribution in [2.45, 2.75) is 37.8 Å². The summed E-state index contributed by atoms with van der Waals surface area (Å²) in [5.41, 5.74) is 1.85. The van der Waals surface area contributed by atoms with Crippen LogP contribution in [-0.2, 0) is 0 Å². The van der Waals surface area contributed by atoms with E-state index in [2.05, 4.69) is 40.6 Å². The summed E-state index contributed by atoms with van der Waals surface area (Å²) in [6.45, 7) is 0. The number of aliphatic hydroxyl groups excluding tert-OH is 1. The molecular weight excluding hydrogens is 344 g/mol. The molecular formula is C20H20N4OS. The smallest absolute Gasteiger partial charge is 0.154 e. The molecule has 132 valence electrons. The fourth-order valence-corrected chi connectivity index (χ4v) is 4.79. The molecule has 26 heavy (non-hydrogen) atoms. The van der Waals surface area contributed by atoms with Crippen molar-refractivity contribution >= 4 is 32.9 Å². The Hall–Kier alpha value is -2.44. The van der Waals surface area contributed by atoms with E-state index in [1.807, 2.05) is 22.8 Å². The summed E-state index contributed by atoms with van der Waals surface area (Å²) in [6.07, 6.45) is 5.51. The number of aliphatic hydroxyl groups is 1. The number of fused-ring (bicyclic) bond motifs is 2. The third kappa shape index (κ3) is 2.85. The molecule has 0 aliphatic heterocycles. The van der Waals surface area contributed by atoms with Gasteiger partial charge in [0.15, 0.2) is 5.65 Å². The fourth-order valence-electron chi connectivity index (χ4n) is 3.73. The van der Waals surface area contributed by atoms with Crippen LogP contribution in [0.25, 0.3) is 26.3 Å². The lowest BCUT2D eigenvalue weighted by molar-refractivity contribution is 0.124. The lowest BCUT2D eigenvalue weighted by atomic mass is 9.93. The number of rotatable bonds is 3. The van der Waals surface area contributed by atoms with E-state index in [0.717, 1.165) is 47.7 Å². The molecule has 1 saturated carbocycles. The van der Waals surface area contributed by atoms with Gasteiger partial charge in [-0.1, -0.05) is 18.2 Å². The van der Waals surface area contributed by atoms with Crippen molar-refractivity contribution in [3.63, 3.8) is 0 Å². The summed E-state index contributed by atoms with van der Waals surface area (Å²) in [4.78, 5) is 5.67. The lowest BCUT2D eigenvalue weighted by Crippen LogP contribution is -2.30. The van der Waals surface area contributed by atoms with Crippen molar-refractivity contribution in [1.29, 1.82) is 0 Å². The third-order valence-corrected chi connectivity index (χ3v) is 6.18. The Kier molecular flexibility index (Phi) is 3.87. The van der Waals surface area contributed by atoms with E-state index in [-0.39, 0.29) is 12.1 Å². The third-order valence-electron chi connectivity index (χ3n) is 5.04. The van der Waals surface area contributed by atoms with Crippen LogP contribution < -0.4 is 5.32 Å². The SMILES string of the molecule is O[C@@H]1CCCC(Nc2ccc3ncc(-c4cc5ccccc5s4)n3n2)C1. The molecule has 0 radical (unpaired) electrons. The quantitative estimate of drug-likeness (QED) is 0.568. The van der Waals surface area contributed by atoms with Crippen LogP contribution in [0.3, 0.4) is 0 Å². The Morgan fingerprint density at radius 3 is 2.96 bits per heavy atom. The van der Waals surface area contributed by atoms with Crippen LogP contribution in [0.2, 0.25) is 0 Å². The van der Waals surface area contributed by atoms with Gasteiger partial charge in [0.1, 0.15) is 11.5 Å². The van der Waals surface area contributed by atoms with Gasteiger partial charge in [-0.25, -0.2) is 9.50 Å². The molecule has 4 aromatic rings. The molecule has 1 aliphatic carbocycles. The van der Waals surface area contributed by atoms with Gasteiger partial charge in [-0.2, -0.15) is 0 Å². The van der Waals surface area contributed by atoms with Crippen LogP contribution in [0.5, 0.6) is 0 Å². The molecule has 1 fully saturated rings. The first kappa shape index (κ1) is 15.8. The summed E-state index contributed by atoms with van der Waals surface area (Å²) in [5.74, 6) is 0.831. The monoisotopic (exact) mass is 364 g/mol. The van der Waals surface area contributed by atoms with E-state index in [9.17, 15) is 5.11 Å². The lowest BCUT2D eigenvalue weighted by Gasteiger charge is -2.26. The van der Waals surface area contributed by atoms with E-state index < -0.39 is 0 Å². The largest absolute Gasteiger partial charge is 0.393 e. The van der Waals surface area contributed by atoms with E-state index in [0.29, 0.717) is 0 Å². The van der Waals surface area contributed by atoms with Gasteiger partial charge >= 0.3 is 0 Å². The number of nitrogens with zero attached hydrogens (tertiary/aromatic N) is 3. The van der Waals surface area contributed by atoms with Crippen molar-refractivity contribution < 1.29 is 5.11 Å². The minimum Gasteiger partial charge on any atom is -0.393 e. The summed E-state index contributed by atoms with van der Waals surface area (Å²) in [5, 5.41) is 19.4. The highest BCUT2D eigenvalue weighted by Crippen LogP contribution is 2.33. The van der Waals surface area contributed by atoms with Crippen molar-refractivity contribution in [2.75, 3.05) is 5.32 Å². The Morgan fingerprint density at radius 2 is 2.08 bits per heavy atom. The minimum absolute atomic E-state index is 0.202. The predicted octanol–water partition coefficient (Wildman–Crippen LogP) is 4.33. The van der Waals surface area contributed by atoms with Crippen molar-refractivity contribution in [3.05, 3.63) is 48.7 Å². The minimum atomic E-state index is -0.202. The van der Waals surface area contributed by atoms with Gasteiger partial charge in [0.25, 0.3) is 0 Å². The molecule has 0 saturated heterocycles. The molecule has 2 atom stereocenters. The number of benzene rings is 1. The molecule has 5 nitrogen and oxygen atoms in total. The van der Waals surface area contributed by atoms with E-state index in [1.54, 1.807) is 11.3 Å². The topological polar surface area (TPSA) is 62.5 Å². The van der Waals surface area contributed by atoms with Gasteiger partial charge in [-0.3, -0.25) is 0 Å². The van der Waals surface area contributed by atoms with Gasteiger partial charge in [0, 0.05) is 10.7 Å². The van der Waals surface area contributed by atoms with Crippen LogP contribution in [0.15, 0.2) is 48.7 Å². The molecule has 1 aliphatic rings. The maximum absolute atomic E-state index is 9.88. The summed E-state index contributed by atoms with van der Waals surface area (Å²) < 4.78 is 3.18. The zero-order valence-electron chi connectivity index (χ0n) is 14.3. The van der Waals surface area contributed by atoms with Crippen molar-refractivity contribution in [2.24, 2.45) is 0 Å². The molecule has 5 rings (SSSR count). The van der Waals surface area contributed by atoms with E-state index in [1.165, 1.54) is 10.1 Å². The first-order chi connectivity index (χ1) is 12.8. The summed E-state index contributed by atoms with van der Waals surface area (Å²) in [7, 11) is 0. The molecule has 0 bridgehead atoms. The van der Waals surface area contributed by atoms with Crippen LogP contribution in [0.1, 0.15) is 25.7 Å². The molecule has 6 heteroatoms. The molecule has 1 unspecified atom stereocenters. The number of aromatic nitrogens is 3. The van der Waals surface area contributed by atoms with Gasteiger partial charge in [0.05, 0.1) is 17.2 Å². The van der Waals surface area contributed by atoms with Gasteiger partial charge in [-0.15, -0.1) is 16.4 Å². The molecule has 3 aromatic heterocycles. The van der Waals surface area contributed by atoms with E-state index >= 15 is 0 Å². The standard InChI is InChI=1S/C20H20N4OS/c25-15-6-3-5-14(11-15)22-19-8-9-20-21-12-16(24(20)23-19)18-10-13-4-1-2-7-17(13)26-18/h1-2,4,7-10,12,14-15,25H,3,5-6,11H2,(H,22,23)/t14?,15-/m1/s1.